The van der Waals surface area contributed by atoms with Crippen molar-refractivity contribution in [3.63, 3.8) is 0 Å². The van der Waals surface area contributed by atoms with Crippen LogP contribution >= 0.6 is 15.9 Å². The summed E-state index contributed by atoms with van der Waals surface area (Å²) in [7, 11) is 0. The first-order chi connectivity index (χ1) is 16.6. The second-order valence-corrected chi connectivity index (χ2v) is 13.1. The van der Waals surface area contributed by atoms with E-state index in [-0.39, 0.29) is 40.8 Å². The van der Waals surface area contributed by atoms with Crippen molar-refractivity contribution in [1.82, 2.24) is 5.32 Å². The quantitative estimate of drug-likeness (QED) is 0.325. The van der Waals surface area contributed by atoms with Crippen LogP contribution in [0.4, 0.5) is 0 Å². The summed E-state index contributed by atoms with van der Waals surface area (Å²) in [5, 5.41) is 3.35. The zero-order valence-electron chi connectivity index (χ0n) is 21.6. The van der Waals surface area contributed by atoms with Crippen molar-refractivity contribution in [3.8, 4) is 0 Å². The number of ether oxygens (including phenoxy) is 1. The Morgan fingerprint density at radius 3 is 2.51 bits per heavy atom. The van der Waals surface area contributed by atoms with E-state index in [0.29, 0.717) is 17.8 Å². The third-order valence-corrected chi connectivity index (χ3v) is 11.0. The summed E-state index contributed by atoms with van der Waals surface area (Å²) < 4.78 is 6.65. The minimum atomic E-state index is -0.161. The van der Waals surface area contributed by atoms with Gasteiger partial charge < -0.3 is 10.1 Å². The number of nitrogens with one attached hydrogen (secondary N) is 1. The van der Waals surface area contributed by atoms with Crippen molar-refractivity contribution in [2.45, 2.75) is 91.2 Å². The molecule has 190 valence electrons. The third kappa shape index (κ3) is 4.40. The molecule has 0 radical (unpaired) electrons. The van der Waals surface area contributed by atoms with Crippen LogP contribution in [0.1, 0.15) is 90.7 Å². The first-order valence-corrected chi connectivity index (χ1v) is 14.3. The second kappa shape index (κ2) is 9.36. The van der Waals surface area contributed by atoms with E-state index >= 15 is 0 Å². The average molecular weight is 543 g/mol. The van der Waals surface area contributed by atoms with E-state index in [2.05, 4.69) is 60.2 Å². The Balaban J connectivity index is 1.30. The molecule has 0 spiro atoms. The zero-order valence-corrected chi connectivity index (χ0v) is 23.2. The SMILES string of the molecule is CC(=O)O[C@H]1CC[C@@]2(C)C(=CC[C@H]3[C@@H]4CC[C@H](C(=O)N[C@H](C)c5ccc(Br)cc5)[C@@]4(C)CC[C@@H]32)C1. The van der Waals surface area contributed by atoms with Crippen molar-refractivity contribution in [2.75, 3.05) is 0 Å². The van der Waals surface area contributed by atoms with E-state index in [0.717, 1.165) is 55.0 Å². The van der Waals surface area contributed by atoms with E-state index in [1.807, 2.05) is 12.1 Å². The van der Waals surface area contributed by atoms with Crippen molar-refractivity contribution in [1.29, 1.82) is 0 Å². The van der Waals surface area contributed by atoms with Crippen LogP contribution in [0.25, 0.3) is 0 Å². The molecule has 35 heavy (non-hydrogen) atoms. The van der Waals surface area contributed by atoms with Crippen molar-refractivity contribution < 1.29 is 14.3 Å². The van der Waals surface area contributed by atoms with Crippen LogP contribution in [0, 0.1) is 34.5 Å². The molecule has 5 heteroatoms. The number of hydrogen-bond donors (Lipinski definition) is 1. The Bertz CT molecular complexity index is 1020. The van der Waals surface area contributed by atoms with Gasteiger partial charge in [0.05, 0.1) is 6.04 Å². The van der Waals surface area contributed by atoms with Gasteiger partial charge in [-0.05, 0) is 98.1 Å². The molecule has 0 aliphatic heterocycles. The smallest absolute Gasteiger partial charge is 0.302 e. The van der Waals surface area contributed by atoms with Gasteiger partial charge in [-0.25, -0.2) is 0 Å². The highest BCUT2D eigenvalue weighted by Gasteiger charge is 2.60. The van der Waals surface area contributed by atoms with Gasteiger partial charge in [-0.15, -0.1) is 0 Å². The first kappa shape index (κ1) is 25.0. The number of carbonyl (C=O) groups is 2. The second-order valence-electron chi connectivity index (χ2n) is 12.2. The van der Waals surface area contributed by atoms with E-state index in [1.165, 1.54) is 18.9 Å². The highest BCUT2D eigenvalue weighted by molar-refractivity contribution is 9.10. The van der Waals surface area contributed by atoms with E-state index < -0.39 is 0 Å². The summed E-state index contributed by atoms with van der Waals surface area (Å²) >= 11 is 3.50. The summed E-state index contributed by atoms with van der Waals surface area (Å²) in [5.74, 6) is 2.14. The Morgan fingerprint density at radius 1 is 1.06 bits per heavy atom. The Morgan fingerprint density at radius 2 is 1.80 bits per heavy atom. The monoisotopic (exact) mass is 541 g/mol. The molecule has 8 atom stereocenters. The maximum Gasteiger partial charge on any atom is 0.302 e. The molecule has 0 aromatic heterocycles. The molecule has 0 heterocycles. The van der Waals surface area contributed by atoms with Crippen LogP contribution in [0.2, 0.25) is 0 Å². The molecule has 3 saturated carbocycles. The molecule has 4 aliphatic rings. The molecule has 4 nitrogen and oxygen atoms in total. The normalized spacial score (nSPS) is 38.9. The Hall–Kier alpha value is -1.62. The van der Waals surface area contributed by atoms with Gasteiger partial charge in [0.25, 0.3) is 0 Å². The summed E-state index contributed by atoms with van der Waals surface area (Å²) in [5.41, 5.74) is 2.97. The van der Waals surface area contributed by atoms with E-state index in [4.69, 9.17) is 4.74 Å². The number of allylic oxidation sites excluding steroid dienone is 1. The predicted octanol–water partition coefficient (Wildman–Crippen LogP) is 7.14. The molecule has 0 bridgehead atoms. The number of amides is 1. The number of esters is 1. The molecule has 0 unspecified atom stereocenters. The summed E-state index contributed by atoms with van der Waals surface area (Å²) in [6, 6.07) is 8.26. The van der Waals surface area contributed by atoms with Gasteiger partial charge >= 0.3 is 5.97 Å². The van der Waals surface area contributed by atoms with Crippen molar-refractivity contribution in [2.24, 2.45) is 34.5 Å². The number of halogens is 1. The molecule has 1 N–H and O–H groups in total. The molecule has 0 saturated heterocycles. The molecule has 4 aliphatic carbocycles. The average Bonchev–Trinajstić information content (AvgIpc) is 3.16. The lowest BCUT2D eigenvalue weighted by molar-refractivity contribution is -0.149. The fourth-order valence-corrected chi connectivity index (χ4v) is 8.81. The molecule has 1 aromatic rings. The number of rotatable bonds is 4. The van der Waals surface area contributed by atoms with E-state index in [9.17, 15) is 9.59 Å². The molecular weight excluding hydrogens is 502 g/mol. The van der Waals surface area contributed by atoms with Crippen LogP contribution in [0.5, 0.6) is 0 Å². The summed E-state index contributed by atoms with van der Waals surface area (Å²) in [6.07, 6.45) is 11.1. The van der Waals surface area contributed by atoms with Crippen molar-refractivity contribution >= 4 is 27.8 Å². The fraction of sp³-hybridized carbons (Fsp3) is 0.667. The van der Waals surface area contributed by atoms with Crippen LogP contribution in [-0.4, -0.2) is 18.0 Å². The summed E-state index contributed by atoms with van der Waals surface area (Å²) in [4.78, 5) is 25.1. The van der Waals surface area contributed by atoms with E-state index in [1.54, 1.807) is 0 Å². The summed E-state index contributed by atoms with van der Waals surface area (Å²) in [6.45, 7) is 8.50. The lowest BCUT2D eigenvalue weighted by atomic mass is 9.47. The maximum atomic E-state index is 13.6. The predicted molar refractivity (Wildman–Crippen MR) is 141 cm³/mol. The highest BCUT2D eigenvalue weighted by Crippen LogP contribution is 2.66. The topological polar surface area (TPSA) is 55.4 Å². The standard InChI is InChI=1S/C30H40BrNO3/c1-18(20-5-8-22(31)9-6-20)32-28(34)27-12-11-25-24-10-7-21-17-23(35-19(2)33)13-15-29(21,3)26(24)14-16-30(25,27)4/h5-9,18,23-27H,10-17H2,1-4H3,(H,32,34)/t18-,23+,24+,25+,26+,27-,29+,30+/m1/s1. The zero-order chi connectivity index (χ0) is 25.0. The number of fused-ring (bicyclic) bond motifs is 5. The van der Waals surface area contributed by atoms with Crippen LogP contribution in [-0.2, 0) is 14.3 Å². The molecular formula is C30H40BrNO3. The molecule has 3 fully saturated rings. The number of carbonyl (C=O) groups excluding carboxylic acids is 2. The third-order valence-electron chi connectivity index (χ3n) is 10.4. The van der Waals surface area contributed by atoms with Gasteiger partial charge in [0, 0.05) is 23.7 Å². The van der Waals surface area contributed by atoms with Crippen LogP contribution < -0.4 is 5.32 Å². The maximum absolute atomic E-state index is 13.6. The molecule has 1 aromatic carbocycles. The van der Waals surface area contributed by atoms with Gasteiger partial charge in [-0.3, -0.25) is 9.59 Å². The van der Waals surface area contributed by atoms with Gasteiger partial charge in [-0.2, -0.15) is 0 Å². The van der Waals surface area contributed by atoms with Crippen molar-refractivity contribution in [3.05, 3.63) is 46.0 Å². The van der Waals surface area contributed by atoms with Crippen LogP contribution in [0.3, 0.4) is 0 Å². The Labute approximate surface area is 218 Å². The van der Waals surface area contributed by atoms with Gasteiger partial charge in [-0.1, -0.05) is 53.6 Å². The van der Waals surface area contributed by atoms with Gasteiger partial charge in [0.2, 0.25) is 5.91 Å². The minimum absolute atomic E-state index is 0.0149. The lowest BCUT2D eigenvalue weighted by Gasteiger charge is -2.58. The van der Waals surface area contributed by atoms with Crippen LogP contribution in [0.15, 0.2) is 40.4 Å². The Kier molecular flexibility index (Phi) is 6.69. The largest absolute Gasteiger partial charge is 0.462 e. The fourth-order valence-electron chi connectivity index (χ4n) is 8.54. The highest BCUT2D eigenvalue weighted by atomic mass is 79.9. The number of hydrogen-bond acceptors (Lipinski definition) is 3. The van der Waals surface area contributed by atoms with Gasteiger partial charge in [0.15, 0.2) is 0 Å². The minimum Gasteiger partial charge on any atom is -0.462 e. The molecule has 1 amide bonds. The lowest BCUT2D eigenvalue weighted by Crippen LogP contribution is -2.52. The van der Waals surface area contributed by atoms with Gasteiger partial charge in [0.1, 0.15) is 6.10 Å². The molecule has 5 rings (SSSR count). The number of benzene rings is 1. The first-order valence-electron chi connectivity index (χ1n) is 13.5.